The fraction of sp³-hybridized carbons (Fsp3) is 0.467. The van der Waals surface area contributed by atoms with Crippen molar-refractivity contribution in [3.63, 3.8) is 0 Å². The van der Waals surface area contributed by atoms with Crippen LogP contribution >= 0.6 is 11.6 Å². The third-order valence-electron chi connectivity index (χ3n) is 3.66. The van der Waals surface area contributed by atoms with Crippen LogP contribution < -0.4 is 5.32 Å². The Bertz CT molecular complexity index is 496. The van der Waals surface area contributed by atoms with E-state index in [1.54, 1.807) is 12.1 Å². The number of nitrogens with zero attached hydrogens (tertiary/aromatic N) is 1. The summed E-state index contributed by atoms with van der Waals surface area (Å²) in [6.45, 7) is 7.02. The minimum atomic E-state index is -4.44. The molecule has 1 aliphatic rings. The Labute approximate surface area is 127 Å². The molecule has 1 saturated heterocycles. The monoisotopic (exact) mass is 318 g/mol. The molecule has 1 heterocycles. The van der Waals surface area contributed by atoms with Crippen LogP contribution in [0.25, 0.3) is 0 Å². The summed E-state index contributed by atoms with van der Waals surface area (Å²) in [5, 5.41) is 2.98. The summed E-state index contributed by atoms with van der Waals surface area (Å²) in [6.07, 6.45) is -2.08. The van der Waals surface area contributed by atoms with Gasteiger partial charge in [0.25, 0.3) is 0 Å². The smallest absolute Gasteiger partial charge is 0.314 e. The molecule has 0 aliphatic carbocycles. The Balaban J connectivity index is 2.33. The molecule has 1 atom stereocenters. The lowest BCUT2D eigenvalue weighted by Crippen LogP contribution is -2.45. The summed E-state index contributed by atoms with van der Waals surface area (Å²) in [6, 6.07) is 4.08. The van der Waals surface area contributed by atoms with Crippen LogP contribution in [0.5, 0.6) is 0 Å². The molecule has 116 valence electrons. The first kappa shape index (κ1) is 16.3. The van der Waals surface area contributed by atoms with Crippen LogP contribution in [-0.2, 0) is 6.18 Å². The van der Waals surface area contributed by atoms with Crippen molar-refractivity contribution in [1.29, 1.82) is 0 Å². The minimum Gasteiger partial charge on any atom is -0.314 e. The van der Waals surface area contributed by atoms with Crippen LogP contribution in [0.1, 0.15) is 23.6 Å². The Morgan fingerprint density at radius 1 is 1.33 bits per heavy atom. The predicted octanol–water partition coefficient (Wildman–Crippen LogP) is 3.88. The number of piperazine rings is 1. The van der Waals surface area contributed by atoms with Crippen LogP contribution in [0.4, 0.5) is 13.2 Å². The highest BCUT2D eigenvalue weighted by Crippen LogP contribution is 2.37. The van der Waals surface area contributed by atoms with E-state index in [2.05, 4.69) is 16.8 Å². The van der Waals surface area contributed by atoms with Crippen LogP contribution in [0, 0.1) is 0 Å². The molecular weight excluding hydrogens is 301 g/mol. The summed E-state index contributed by atoms with van der Waals surface area (Å²) >= 11 is 5.68. The van der Waals surface area contributed by atoms with Gasteiger partial charge in [0.05, 0.1) is 10.6 Å². The molecule has 1 aliphatic heterocycles. The molecule has 0 aromatic heterocycles. The van der Waals surface area contributed by atoms with Gasteiger partial charge in [-0.3, -0.25) is 4.90 Å². The van der Waals surface area contributed by atoms with Gasteiger partial charge in [0.2, 0.25) is 0 Å². The number of hydrogen-bond donors (Lipinski definition) is 1. The number of halogens is 4. The van der Waals surface area contributed by atoms with Gasteiger partial charge < -0.3 is 5.32 Å². The maximum absolute atomic E-state index is 13.0. The van der Waals surface area contributed by atoms with Crippen molar-refractivity contribution in [1.82, 2.24) is 10.2 Å². The van der Waals surface area contributed by atoms with Crippen molar-refractivity contribution in [3.05, 3.63) is 47.0 Å². The van der Waals surface area contributed by atoms with E-state index in [0.29, 0.717) is 12.0 Å². The molecule has 1 aromatic carbocycles. The Morgan fingerprint density at radius 3 is 2.57 bits per heavy atom. The molecule has 2 nitrogen and oxygen atoms in total. The zero-order chi connectivity index (χ0) is 15.5. The van der Waals surface area contributed by atoms with E-state index in [-0.39, 0.29) is 11.1 Å². The van der Waals surface area contributed by atoms with Crippen molar-refractivity contribution in [2.24, 2.45) is 0 Å². The maximum atomic E-state index is 13.0. The van der Waals surface area contributed by atoms with Gasteiger partial charge in [-0.25, -0.2) is 0 Å². The molecule has 1 fully saturated rings. The molecule has 0 unspecified atom stereocenters. The van der Waals surface area contributed by atoms with E-state index in [1.165, 1.54) is 12.1 Å². The van der Waals surface area contributed by atoms with Crippen LogP contribution in [0.3, 0.4) is 0 Å². The molecule has 0 amide bonds. The fourth-order valence-corrected chi connectivity index (χ4v) is 2.84. The van der Waals surface area contributed by atoms with Crippen molar-refractivity contribution in [3.8, 4) is 0 Å². The van der Waals surface area contributed by atoms with E-state index < -0.39 is 11.7 Å². The second-order valence-corrected chi connectivity index (χ2v) is 5.47. The molecule has 21 heavy (non-hydrogen) atoms. The largest absolute Gasteiger partial charge is 0.417 e. The zero-order valence-electron chi connectivity index (χ0n) is 11.6. The second-order valence-electron chi connectivity index (χ2n) is 5.06. The van der Waals surface area contributed by atoms with Gasteiger partial charge in [-0.05, 0) is 24.1 Å². The average molecular weight is 319 g/mol. The highest BCUT2D eigenvalue weighted by molar-refractivity contribution is 6.31. The molecule has 6 heteroatoms. The highest BCUT2D eigenvalue weighted by Gasteiger charge is 2.34. The van der Waals surface area contributed by atoms with E-state index in [1.807, 2.05) is 0 Å². The van der Waals surface area contributed by atoms with Crippen molar-refractivity contribution in [2.75, 3.05) is 26.2 Å². The molecule has 0 radical (unpaired) electrons. The SMILES string of the molecule is C=CC[C@H](c1ccc(Cl)c(C(F)(F)F)c1)N1CCNCC1. The molecule has 0 spiro atoms. The summed E-state index contributed by atoms with van der Waals surface area (Å²) in [5.41, 5.74) is -0.139. The highest BCUT2D eigenvalue weighted by atomic mass is 35.5. The van der Waals surface area contributed by atoms with Gasteiger partial charge in [0, 0.05) is 32.2 Å². The molecular formula is C15H18ClF3N2. The topological polar surface area (TPSA) is 15.3 Å². The third kappa shape index (κ3) is 3.99. The summed E-state index contributed by atoms with van der Waals surface area (Å²) in [5.74, 6) is 0. The summed E-state index contributed by atoms with van der Waals surface area (Å²) in [7, 11) is 0. The van der Waals surface area contributed by atoms with Gasteiger partial charge in [-0.15, -0.1) is 6.58 Å². The molecule has 1 N–H and O–H groups in total. The number of hydrogen-bond acceptors (Lipinski definition) is 2. The number of rotatable bonds is 4. The average Bonchev–Trinajstić information content (AvgIpc) is 2.45. The van der Waals surface area contributed by atoms with Crippen molar-refractivity contribution in [2.45, 2.75) is 18.6 Å². The number of alkyl halides is 3. The predicted molar refractivity (Wildman–Crippen MR) is 78.5 cm³/mol. The lowest BCUT2D eigenvalue weighted by Gasteiger charge is -2.35. The Morgan fingerprint density at radius 2 is 2.00 bits per heavy atom. The minimum absolute atomic E-state index is 0.0945. The maximum Gasteiger partial charge on any atom is 0.417 e. The number of benzene rings is 1. The summed E-state index contributed by atoms with van der Waals surface area (Å²) < 4.78 is 39.0. The van der Waals surface area contributed by atoms with Gasteiger partial charge in [0.1, 0.15) is 0 Å². The second kappa shape index (κ2) is 6.81. The lowest BCUT2D eigenvalue weighted by molar-refractivity contribution is -0.137. The van der Waals surface area contributed by atoms with E-state index in [0.717, 1.165) is 26.2 Å². The van der Waals surface area contributed by atoms with Gasteiger partial charge in [-0.2, -0.15) is 13.2 Å². The molecule has 0 saturated carbocycles. The first-order chi connectivity index (χ1) is 9.93. The van der Waals surface area contributed by atoms with Crippen LogP contribution in [0.2, 0.25) is 5.02 Å². The molecule has 1 aromatic rings. The van der Waals surface area contributed by atoms with E-state index in [4.69, 9.17) is 11.6 Å². The van der Waals surface area contributed by atoms with Crippen molar-refractivity contribution >= 4 is 11.6 Å². The lowest BCUT2D eigenvalue weighted by atomic mass is 9.99. The van der Waals surface area contributed by atoms with E-state index in [9.17, 15) is 13.2 Å². The quantitative estimate of drug-likeness (QED) is 0.848. The third-order valence-corrected chi connectivity index (χ3v) is 3.99. The van der Waals surface area contributed by atoms with Gasteiger partial charge >= 0.3 is 6.18 Å². The first-order valence-electron chi connectivity index (χ1n) is 6.86. The van der Waals surface area contributed by atoms with Crippen LogP contribution in [-0.4, -0.2) is 31.1 Å². The first-order valence-corrected chi connectivity index (χ1v) is 7.23. The molecule has 0 bridgehead atoms. The van der Waals surface area contributed by atoms with Crippen molar-refractivity contribution < 1.29 is 13.2 Å². The molecule has 2 rings (SSSR count). The van der Waals surface area contributed by atoms with E-state index >= 15 is 0 Å². The Kier molecular flexibility index (Phi) is 5.30. The van der Waals surface area contributed by atoms with Gasteiger partial charge in [0.15, 0.2) is 0 Å². The fourth-order valence-electron chi connectivity index (χ4n) is 2.62. The standard InChI is InChI=1S/C15H18ClF3N2/c1-2-3-14(21-8-6-20-7-9-21)11-4-5-13(16)12(10-11)15(17,18)19/h2,4-5,10,14,20H,1,3,6-9H2/t14-/m1/s1. The van der Waals surface area contributed by atoms with Gasteiger partial charge in [-0.1, -0.05) is 23.7 Å². The summed E-state index contributed by atoms with van der Waals surface area (Å²) in [4.78, 5) is 2.18. The Hall–Kier alpha value is -1.04. The normalized spacial score (nSPS) is 18.5. The zero-order valence-corrected chi connectivity index (χ0v) is 12.3. The number of nitrogens with one attached hydrogen (secondary N) is 1. The van der Waals surface area contributed by atoms with Crippen LogP contribution in [0.15, 0.2) is 30.9 Å².